The minimum absolute atomic E-state index is 0.0557. The summed E-state index contributed by atoms with van der Waals surface area (Å²) in [6.45, 7) is 2.15. The van der Waals surface area contributed by atoms with Crippen LogP contribution in [-0.2, 0) is 16.1 Å². The highest BCUT2D eigenvalue weighted by atomic mass is 16.6. The van der Waals surface area contributed by atoms with E-state index in [9.17, 15) is 4.79 Å². The van der Waals surface area contributed by atoms with Gasteiger partial charge in [-0.15, -0.1) is 0 Å². The first-order valence-corrected chi connectivity index (χ1v) is 10.9. The fraction of sp³-hybridized carbons (Fsp3) is 0.545. The molecule has 6 rings (SSSR count). The Morgan fingerprint density at radius 1 is 1.17 bits per heavy atom. The number of hydrogen-bond donors (Lipinski definition) is 0. The number of aromatic nitrogens is 4. The molecule has 1 aromatic carbocycles. The minimum atomic E-state index is -0.391. The van der Waals surface area contributed by atoms with E-state index in [1.165, 1.54) is 6.42 Å². The summed E-state index contributed by atoms with van der Waals surface area (Å²) in [6.07, 6.45) is 7.53. The van der Waals surface area contributed by atoms with Crippen LogP contribution in [-0.4, -0.2) is 44.9 Å². The summed E-state index contributed by atoms with van der Waals surface area (Å²) >= 11 is 0. The third kappa shape index (κ3) is 2.88. The Bertz CT molecular complexity index is 1080. The van der Waals surface area contributed by atoms with Crippen molar-refractivity contribution in [1.29, 1.82) is 0 Å². The number of piperidine rings is 1. The van der Waals surface area contributed by atoms with Crippen molar-refractivity contribution in [2.75, 3.05) is 18.0 Å². The van der Waals surface area contributed by atoms with Crippen LogP contribution < -0.4 is 4.90 Å². The van der Waals surface area contributed by atoms with E-state index < -0.39 is 5.41 Å². The Morgan fingerprint density at radius 3 is 2.80 bits per heavy atom. The summed E-state index contributed by atoms with van der Waals surface area (Å²) in [6, 6.07) is 8.04. The molecule has 3 aliphatic rings. The average Bonchev–Trinajstić information content (AvgIpc) is 3.42. The molecule has 0 bridgehead atoms. The van der Waals surface area contributed by atoms with E-state index in [2.05, 4.69) is 30.7 Å². The lowest BCUT2D eigenvalue weighted by Gasteiger charge is -2.35. The first-order chi connectivity index (χ1) is 14.7. The maximum absolute atomic E-state index is 12.8. The third-order valence-electron chi connectivity index (χ3n) is 7.14. The number of anilines is 1. The lowest BCUT2D eigenvalue weighted by molar-refractivity contribution is -0.150. The molecule has 0 N–H and O–H groups in total. The lowest BCUT2D eigenvalue weighted by atomic mass is 9.76. The summed E-state index contributed by atoms with van der Waals surface area (Å²) in [7, 11) is 0. The summed E-state index contributed by atoms with van der Waals surface area (Å²) < 4.78 is 13.4. The van der Waals surface area contributed by atoms with Crippen molar-refractivity contribution >= 4 is 23.0 Å². The smallest absolute Gasteiger partial charge is 0.312 e. The monoisotopic (exact) mass is 407 g/mol. The van der Waals surface area contributed by atoms with Crippen LogP contribution in [0.1, 0.15) is 50.3 Å². The van der Waals surface area contributed by atoms with Gasteiger partial charge in [0.05, 0.1) is 29.3 Å². The first-order valence-electron chi connectivity index (χ1n) is 10.9. The average molecular weight is 407 g/mol. The van der Waals surface area contributed by atoms with Crippen molar-refractivity contribution in [2.24, 2.45) is 5.41 Å². The van der Waals surface area contributed by atoms with Crippen molar-refractivity contribution in [1.82, 2.24) is 19.7 Å². The molecule has 30 heavy (non-hydrogen) atoms. The molecule has 0 amide bonds. The number of carbonyl (C=O) groups is 1. The Labute approximate surface area is 174 Å². The van der Waals surface area contributed by atoms with E-state index in [0.717, 1.165) is 62.1 Å². The predicted octanol–water partition coefficient (Wildman–Crippen LogP) is 3.29. The van der Waals surface area contributed by atoms with Gasteiger partial charge in [-0.2, -0.15) is 4.98 Å². The number of fused-ring (bicyclic) bond motifs is 1. The molecular weight excluding hydrogens is 382 g/mol. The van der Waals surface area contributed by atoms with Crippen LogP contribution >= 0.6 is 0 Å². The molecule has 1 saturated carbocycles. The zero-order chi connectivity index (χ0) is 20.1. The number of cyclic esters (lactones) is 1. The van der Waals surface area contributed by atoms with Gasteiger partial charge < -0.3 is 18.7 Å². The Morgan fingerprint density at radius 2 is 2.00 bits per heavy atom. The van der Waals surface area contributed by atoms with Crippen LogP contribution in [0.25, 0.3) is 11.0 Å². The van der Waals surface area contributed by atoms with Crippen LogP contribution in [0.15, 0.2) is 35.1 Å². The summed E-state index contributed by atoms with van der Waals surface area (Å²) in [5.74, 6) is 1.82. The molecule has 4 heterocycles. The Hall–Kier alpha value is -2.90. The number of imidazole rings is 1. The number of nitrogens with zero attached hydrogens (tertiary/aromatic N) is 5. The molecule has 1 aliphatic carbocycles. The van der Waals surface area contributed by atoms with E-state index in [-0.39, 0.29) is 12.1 Å². The van der Waals surface area contributed by atoms with Crippen LogP contribution in [0, 0.1) is 5.41 Å². The quantitative estimate of drug-likeness (QED) is 0.613. The van der Waals surface area contributed by atoms with Crippen molar-refractivity contribution in [3.63, 3.8) is 0 Å². The highest BCUT2D eigenvalue weighted by molar-refractivity contribution is 5.79. The van der Waals surface area contributed by atoms with Gasteiger partial charge in [0.1, 0.15) is 6.10 Å². The maximum Gasteiger partial charge on any atom is 0.312 e. The number of rotatable bonds is 4. The third-order valence-corrected chi connectivity index (χ3v) is 7.14. The minimum Gasteiger partial charge on any atom is -0.460 e. The summed E-state index contributed by atoms with van der Waals surface area (Å²) in [5.41, 5.74) is 1.65. The van der Waals surface area contributed by atoms with E-state index in [4.69, 9.17) is 9.26 Å². The van der Waals surface area contributed by atoms with Crippen LogP contribution in [0.4, 0.5) is 5.95 Å². The SMILES string of the molecule is O=C1OC(Cn2cnc3ccccc32)CC12CCN(c1noc(C3CCC3)n1)CC2. The van der Waals surface area contributed by atoms with Gasteiger partial charge in [0, 0.05) is 25.4 Å². The molecule has 0 radical (unpaired) electrons. The molecule has 3 fully saturated rings. The molecule has 2 saturated heterocycles. The lowest BCUT2D eigenvalue weighted by Crippen LogP contribution is -2.43. The second-order valence-electron chi connectivity index (χ2n) is 8.94. The first kappa shape index (κ1) is 17.9. The van der Waals surface area contributed by atoms with E-state index >= 15 is 0 Å². The largest absolute Gasteiger partial charge is 0.460 e. The van der Waals surface area contributed by atoms with Gasteiger partial charge in [0.25, 0.3) is 5.95 Å². The Balaban J connectivity index is 1.12. The van der Waals surface area contributed by atoms with E-state index in [1.807, 2.05) is 24.5 Å². The molecule has 1 atom stereocenters. The second-order valence-corrected chi connectivity index (χ2v) is 8.94. The van der Waals surface area contributed by atoms with Crippen LogP contribution in [0.5, 0.6) is 0 Å². The van der Waals surface area contributed by atoms with Crippen LogP contribution in [0.2, 0.25) is 0 Å². The van der Waals surface area contributed by atoms with Crippen molar-refractivity contribution in [3.05, 3.63) is 36.5 Å². The normalized spacial score (nSPS) is 23.8. The molecular formula is C22H25N5O3. The molecule has 8 heteroatoms. The van der Waals surface area contributed by atoms with Crippen molar-refractivity contribution in [3.8, 4) is 0 Å². The molecule has 1 spiro atoms. The predicted molar refractivity (Wildman–Crippen MR) is 109 cm³/mol. The van der Waals surface area contributed by atoms with Gasteiger partial charge in [-0.1, -0.05) is 18.6 Å². The molecule has 156 valence electrons. The van der Waals surface area contributed by atoms with Crippen molar-refractivity contribution in [2.45, 2.75) is 57.1 Å². The van der Waals surface area contributed by atoms with E-state index in [1.54, 1.807) is 0 Å². The summed E-state index contributed by atoms with van der Waals surface area (Å²) in [4.78, 5) is 24.0. The fourth-order valence-electron chi connectivity index (χ4n) is 5.03. The van der Waals surface area contributed by atoms with Gasteiger partial charge in [-0.25, -0.2) is 4.98 Å². The number of hydrogen-bond acceptors (Lipinski definition) is 7. The fourth-order valence-corrected chi connectivity index (χ4v) is 5.03. The molecule has 2 aromatic heterocycles. The number of ether oxygens (including phenoxy) is 1. The standard InChI is InChI=1S/C22H25N5O3/c28-20-22(12-16(29-20)13-27-14-23-17-6-1-2-7-18(17)27)8-10-26(11-9-22)21-24-19(30-25-21)15-4-3-5-15/h1-2,6-7,14-16H,3-5,8-13H2. The topological polar surface area (TPSA) is 86.3 Å². The van der Waals surface area contributed by atoms with Gasteiger partial charge in [0.15, 0.2) is 0 Å². The zero-order valence-electron chi connectivity index (χ0n) is 16.9. The highest BCUT2D eigenvalue weighted by Gasteiger charge is 2.50. The number of para-hydroxylation sites is 2. The van der Waals surface area contributed by atoms with Crippen molar-refractivity contribution < 1.29 is 14.1 Å². The number of carbonyl (C=O) groups excluding carboxylic acids is 1. The highest BCUT2D eigenvalue weighted by Crippen LogP contribution is 2.44. The Kier molecular flexibility index (Phi) is 4.07. The zero-order valence-corrected chi connectivity index (χ0v) is 16.9. The maximum atomic E-state index is 12.8. The molecule has 2 aliphatic heterocycles. The van der Waals surface area contributed by atoms with Gasteiger partial charge >= 0.3 is 5.97 Å². The van der Waals surface area contributed by atoms with Gasteiger partial charge in [-0.3, -0.25) is 4.79 Å². The number of benzene rings is 1. The van der Waals surface area contributed by atoms with Gasteiger partial charge in [-0.05, 0) is 43.0 Å². The van der Waals surface area contributed by atoms with Gasteiger partial charge in [0.2, 0.25) is 5.89 Å². The summed E-state index contributed by atoms with van der Waals surface area (Å²) in [5, 5.41) is 4.18. The molecule has 8 nitrogen and oxygen atoms in total. The van der Waals surface area contributed by atoms with Crippen LogP contribution in [0.3, 0.4) is 0 Å². The second kappa shape index (κ2) is 6.82. The molecule has 3 aromatic rings. The molecule has 1 unspecified atom stereocenters. The van der Waals surface area contributed by atoms with E-state index in [0.29, 0.717) is 18.4 Å². The number of esters is 1.